The maximum atomic E-state index is 14.0. The lowest BCUT2D eigenvalue weighted by atomic mass is 9.92. The summed E-state index contributed by atoms with van der Waals surface area (Å²) >= 11 is 0. The summed E-state index contributed by atoms with van der Waals surface area (Å²) in [4.78, 5) is 23.6. The lowest BCUT2D eigenvalue weighted by Crippen LogP contribution is -2.47. The van der Waals surface area contributed by atoms with Gasteiger partial charge in [-0.25, -0.2) is 9.37 Å². The Morgan fingerprint density at radius 1 is 1.12 bits per heavy atom. The van der Waals surface area contributed by atoms with E-state index in [-0.39, 0.29) is 29.5 Å². The molecule has 0 saturated carbocycles. The van der Waals surface area contributed by atoms with Gasteiger partial charge in [0.05, 0.1) is 17.3 Å². The number of piperidine rings is 1. The van der Waals surface area contributed by atoms with Gasteiger partial charge in [0.15, 0.2) is 0 Å². The second-order valence-corrected chi connectivity index (χ2v) is 8.51. The molecule has 1 aliphatic heterocycles. The molecule has 0 spiro atoms. The van der Waals surface area contributed by atoms with Gasteiger partial charge in [0.1, 0.15) is 11.6 Å². The Hall–Kier alpha value is -3.68. The predicted octanol–water partition coefficient (Wildman–Crippen LogP) is 3.41. The third-order valence-electron chi connectivity index (χ3n) is 6.13. The molecule has 3 aromatic rings. The van der Waals surface area contributed by atoms with Crippen LogP contribution in [0.3, 0.4) is 0 Å². The normalized spacial score (nSPS) is 18.2. The van der Waals surface area contributed by atoms with Gasteiger partial charge in [0.25, 0.3) is 0 Å². The summed E-state index contributed by atoms with van der Waals surface area (Å²) in [6, 6.07) is 16.6. The zero-order valence-electron chi connectivity index (χ0n) is 18.7. The van der Waals surface area contributed by atoms with Crippen LogP contribution in [0.2, 0.25) is 0 Å². The molecule has 2 aromatic carbocycles. The first-order valence-corrected chi connectivity index (χ1v) is 11.2. The van der Waals surface area contributed by atoms with Crippen molar-refractivity contribution in [2.75, 3.05) is 29.5 Å². The highest BCUT2D eigenvalue weighted by molar-refractivity contribution is 5.79. The van der Waals surface area contributed by atoms with E-state index in [0.717, 1.165) is 19.3 Å². The molecule has 5 N–H and O–H groups in total. The number of nitrogen functional groups attached to an aromatic ring is 2. The number of hydrogen-bond acceptors (Lipinski definition) is 6. The Balaban J connectivity index is 1.47. The van der Waals surface area contributed by atoms with Gasteiger partial charge in [-0.15, -0.1) is 0 Å². The fourth-order valence-corrected chi connectivity index (χ4v) is 4.19. The van der Waals surface area contributed by atoms with Crippen LogP contribution < -0.4 is 21.7 Å². The number of anilines is 3. The second-order valence-electron chi connectivity index (χ2n) is 8.51. The molecule has 1 amide bonds. The van der Waals surface area contributed by atoms with Gasteiger partial charge in [0, 0.05) is 30.8 Å². The van der Waals surface area contributed by atoms with Gasteiger partial charge < -0.3 is 21.7 Å². The Morgan fingerprint density at radius 3 is 2.67 bits per heavy atom. The third kappa shape index (κ3) is 5.39. The van der Waals surface area contributed by atoms with Crippen molar-refractivity contribution in [3.63, 3.8) is 0 Å². The molecule has 1 aromatic heterocycles. The molecule has 8 heteroatoms. The molecule has 1 fully saturated rings. The monoisotopic (exact) mass is 448 g/mol. The number of amides is 1. The molecule has 2 atom stereocenters. The van der Waals surface area contributed by atoms with E-state index in [1.807, 2.05) is 18.2 Å². The first kappa shape index (κ1) is 22.5. The lowest BCUT2D eigenvalue weighted by molar-refractivity contribution is -0.125. The Bertz CT molecular complexity index is 1120. The molecule has 0 aliphatic carbocycles. The van der Waals surface area contributed by atoms with Gasteiger partial charge in [-0.3, -0.25) is 4.79 Å². The van der Waals surface area contributed by atoms with Crippen molar-refractivity contribution in [1.29, 1.82) is 0 Å². The molecule has 0 bridgehead atoms. The van der Waals surface area contributed by atoms with Gasteiger partial charge in [-0.2, -0.15) is 4.98 Å². The van der Waals surface area contributed by atoms with E-state index in [1.54, 1.807) is 12.1 Å². The van der Waals surface area contributed by atoms with Crippen LogP contribution in [0.4, 0.5) is 21.8 Å². The van der Waals surface area contributed by atoms with Crippen molar-refractivity contribution in [2.24, 2.45) is 5.92 Å². The standard InChI is InChI=1S/C25H29FN6O/c1-16-7-8-19(24(33)29-12-11-17-5-3-2-4-6-17)15-32(16)23-14-22(30-25(28)31-23)18-9-10-21(27)20(26)13-18/h2-6,9-10,13-14,16,19H,7-8,11-12,15,27H2,1H3,(H,29,33)(H2,28,30,31)/t16-,19+/m1/s1. The maximum absolute atomic E-state index is 14.0. The Kier molecular flexibility index (Phi) is 6.72. The van der Waals surface area contributed by atoms with Crippen molar-refractivity contribution >= 4 is 23.4 Å². The van der Waals surface area contributed by atoms with E-state index in [9.17, 15) is 9.18 Å². The molecule has 2 heterocycles. The number of nitrogens with two attached hydrogens (primary N) is 2. The number of rotatable bonds is 6. The van der Waals surface area contributed by atoms with Crippen molar-refractivity contribution in [1.82, 2.24) is 15.3 Å². The number of carbonyl (C=O) groups is 1. The van der Waals surface area contributed by atoms with Crippen molar-refractivity contribution in [2.45, 2.75) is 32.2 Å². The van der Waals surface area contributed by atoms with Crippen LogP contribution >= 0.6 is 0 Å². The average molecular weight is 449 g/mol. The highest BCUT2D eigenvalue weighted by Gasteiger charge is 2.31. The molecule has 4 rings (SSSR count). The lowest BCUT2D eigenvalue weighted by Gasteiger charge is -2.38. The first-order chi connectivity index (χ1) is 15.9. The van der Waals surface area contributed by atoms with Crippen LogP contribution in [0.1, 0.15) is 25.3 Å². The fourth-order valence-electron chi connectivity index (χ4n) is 4.19. The second kappa shape index (κ2) is 9.85. The van der Waals surface area contributed by atoms with Crippen LogP contribution in [-0.2, 0) is 11.2 Å². The van der Waals surface area contributed by atoms with Crippen molar-refractivity contribution < 1.29 is 9.18 Å². The summed E-state index contributed by atoms with van der Waals surface area (Å²) in [5, 5.41) is 3.07. The van der Waals surface area contributed by atoms with Gasteiger partial charge >= 0.3 is 0 Å². The third-order valence-corrected chi connectivity index (χ3v) is 6.13. The number of nitrogens with one attached hydrogen (secondary N) is 1. The Labute approximate surface area is 193 Å². The Morgan fingerprint density at radius 2 is 1.91 bits per heavy atom. The van der Waals surface area contributed by atoms with E-state index in [0.29, 0.717) is 30.2 Å². The molecule has 33 heavy (non-hydrogen) atoms. The molecule has 0 unspecified atom stereocenters. The van der Waals surface area contributed by atoms with Gasteiger partial charge in [0.2, 0.25) is 11.9 Å². The summed E-state index contributed by atoms with van der Waals surface area (Å²) < 4.78 is 14.0. The largest absolute Gasteiger partial charge is 0.396 e. The van der Waals surface area contributed by atoms with E-state index in [4.69, 9.17) is 11.5 Å². The van der Waals surface area contributed by atoms with Crippen LogP contribution in [-0.4, -0.2) is 35.0 Å². The number of benzene rings is 2. The number of halogens is 1. The van der Waals surface area contributed by atoms with E-state index in [1.165, 1.54) is 17.7 Å². The van der Waals surface area contributed by atoms with Crippen LogP contribution in [0.25, 0.3) is 11.3 Å². The smallest absolute Gasteiger partial charge is 0.224 e. The minimum atomic E-state index is -0.509. The van der Waals surface area contributed by atoms with E-state index in [2.05, 4.69) is 39.2 Å². The van der Waals surface area contributed by atoms with Gasteiger partial charge in [-0.1, -0.05) is 36.4 Å². The molecule has 0 radical (unpaired) electrons. The first-order valence-electron chi connectivity index (χ1n) is 11.2. The summed E-state index contributed by atoms with van der Waals surface area (Å²) in [6.45, 7) is 3.23. The quantitative estimate of drug-likeness (QED) is 0.499. The maximum Gasteiger partial charge on any atom is 0.224 e. The highest BCUT2D eigenvalue weighted by Crippen LogP contribution is 2.30. The molecular weight excluding hydrogens is 419 g/mol. The summed E-state index contributed by atoms with van der Waals surface area (Å²) in [7, 11) is 0. The zero-order chi connectivity index (χ0) is 23.4. The minimum Gasteiger partial charge on any atom is -0.396 e. The molecule has 1 aliphatic rings. The van der Waals surface area contributed by atoms with Crippen LogP contribution in [0.15, 0.2) is 54.6 Å². The molecule has 172 valence electrons. The minimum absolute atomic E-state index is 0.0469. The predicted molar refractivity (Wildman–Crippen MR) is 129 cm³/mol. The van der Waals surface area contributed by atoms with Crippen molar-refractivity contribution in [3.05, 3.63) is 66.0 Å². The summed E-state index contributed by atoms with van der Waals surface area (Å²) in [5.74, 6) is 0.117. The van der Waals surface area contributed by atoms with Crippen LogP contribution in [0, 0.1) is 11.7 Å². The number of aromatic nitrogens is 2. The number of carbonyl (C=O) groups excluding carboxylic acids is 1. The fraction of sp³-hybridized carbons (Fsp3) is 0.320. The summed E-state index contributed by atoms with van der Waals surface area (Å²) in [5.41, 5.74) is 13.9. The number of nitrogens with zero attached hydrogens (tertiary/aromatic N) is 3. The highest BCUT2D eigenvalue weighted by atomic mass is 19.1. The molecule has 7 nitrogen and oxygen atoms in total. The van der Waals surface area contributed by atoms with E-state index >= 15 is 0 Å². The van der Waals surface area contributed by atoms with Gasteiger partial charge in [-0.05, 0) is 43.9 Å². The van der Waals surface area contributed by atoms with Crippen molar-refractivity contribution in [3.8, 4) is 11.3 Å². The SMILES string of the molecule is C[C@@H]1CC[C@H](C(=O)NCCc2ccccc2)CN1c1cc(-c2ccc(N)c(F)c2)nc(N)n1. The molecule has 1 saturated heterocycles. The average Bonchev–Trinajstić information content (AvgIpc) is 2.81. The zero-order valence-corrected chi connectivity index (χ0v) is 18.7. The van der Waals surface area contributed by atoms with E-state index < -0.39 is 5.82 Å². The van der Waals surface area contributed by atoms with Crippen LogP contribution in [0.5, 0.6) is 0 Å². The topological polar surface area (TPSA) is 110 Å². The number of hydrogen-bond donors (Lipinski definition) is 3. The summed E-state index contributed by atoms with van der Waals surface area (Å²) in [6.07, 6.45) is 2.46. The molecular formula is C25H29FN6O.